The summed E-state index contributed by atoms with van der Waals surface area (Å²) >= 11 is 1.41. The van der Waals surface area contributed by atoms with Gasteiger partial charge in [0.1, 0.15) is 4.88 Å². The number of amides is 1. The second kappa shape index (κ2) is 6.66. The Morgan fingerprint density at radius 3 is 2.83 bits per heavy atom. The molecule has 1 amide bonds. The third kappa shape index (κ3) is 3.60. The molecule has 5 nitrogen and oxygen atoms in total. The number of hydrogen-bond donors (Lipinski definition) is 1. The van der Waals surface area contributed by atoms with Crippen molar-refractivity contribution in [3.8, 4) is 11.3 Å². The zero-order chi connectivity index (χ0) is 16.2. The van der Waals surface area contributed by atoms with E-state index in [-0.39, 0.29) is 5.91 Å². The molecule has 0 fully saturated rings. The van der Waals surface area contributed by atoms with Gasteiger partial charge >= 0.3 is 0 Å². The molecule has 0 aliphatic rings. The summed E-state index contributed by atoms with van der Waals surface area (Å²) in [5.41, 5.74) is 3.56. The standard InChI is InChI=1S/C17H16N4OS/c1-11-16(23-12(2)21-11)17(22)20-9-13-5-7-19-15(8-13)14-4-3-6-18-10-14/h3-8,10H,9H2,1-2H3,(H,20,22). The maximum atomic E-state index is 12.2. The largest absolute Gasteiger partial charge is 0.347 e. The molecule has 0 bridgehead atoms. The molecule has 1 N–H and O–H groups in total. The summed E-state index contributed by atoms with van der Waals surface area (Å²) in [5, 5.41) is 3.83. The second-order valence-corrected chi connectivity index (χ2v) is 6.32. The number of thiazole rings is 1. The summed E-state index contributed by atoms with van der Waals surface area (Å²) < 4.78 is 0. The van der Waals surface area contributed by atoms with E-state index in [1.807, 2.05) is 38.1 Å². The third-order valence-corrected chi connectivity index (χ3v) is 4.42. The predicted octanol–water partition coefficient (Wildman–Crippen LogP) is 3.15. The lowest BCUT2D eigenvalue weighted by atomic mass is 10.1. The van der Waals surface area contributed by atoms with Crippen LogP contribution in [0.2, 0.25) is 0 Å². The van der Waals surface area contributed by atoms with Gasteiger partial charge in [0.25, 0.3) is 5.91 Å². The van der Waals surface area contributed by atoms with Gasteiger partial charge in [0, 0.05) is 30.7 Å². The lowest BCUT2D eigenvalue weighted by molar-refractivity contribution is 0.0954. The van der Waals surface area contributed by atoms with Crippen LogP contribution in [-0.4, -0.2) is 20.9 Å². The lowest BCUT2D eigenvalue weighted by Gasteiger charge is -2.06. The smallest absolute Gasteiger partial charge is 0.263 e. The van der Waals surface area contributed by atoms with Gasteiger partial charge in [-0.25, -0.2) is 4.98 Å². The number of aryl methyl sites for hydroxylation is 2. The Balaban J connectivity index is 1.71. The molecule has 23 heavy (non-hydrogen) atoms. The number of aromatic nitrogens is 3. The van der Waals surface area contributed by atoms with Crippen molar-refractivity contribution in [2.24, 2.45) is 0 Å². The van der Waals surface area contributed by atoms with E-state index in [9.17, 15) is 4.79 Å². The van der Waals surface area contributed by atoms with Crippen LogP contribution < -0.4 is 5.32 Å². The van der Waals surface area contributed by atoms with E-state index in [0.717, 1.165) is 27.5 Å². The number of carbonyl (C=O) groups is 1. The number of nitrogens with zero attached hydrogens (tertiary/aromatic N) is 3. The Kier molecular flexibility index (Phi) is 4.43. The van der Waals surface area contributed by atoms with Crippen LogP contribution in [0.15, 0.2) is 42.9 Å². The number of carbonyl (C=O) groups excluding carboxylic acids is 1. The van der Waals surface area contributed by atoms with Gasteiger partial charge in [-0.05, 0) is 43.7 Å². The number of hydrogen-bond acceptors (Lipinski definition) is 5. The Hall–Kier alpha value is -2.60. The number of rotatable bonds is 4. The van der Waals surface area contributed by atoms with Crippen LogP contribution in [0.5, 0.6) is 0 Å². The van der Waals surface area contributed by atoms with Gasteiger partial charge < -0.3 is 5.32 Å². The fourth-order valence-corrected chi connectivity index (χ4v) is 3.10. The van der Waals surface area contributed by atoms with Crippen molar-refractivity contribution in [1.29, 1.82) is 0 Å². The molecule has 116 valence electrons. The molecule has 0 atom stereocenters. The summed E-state index contributed by atoms with van der Waals surface area (Å²) in [7, 11) is 0. The summed E-state index contributed by atoms with van der Waals surface area (Å²) in [4.78, 5) is 25.6. The molecular weight excluding hydrogens is 308 g/mol. The van der Waals surface area contributed by atoms with Crippen LogP contribution in [0.4, 0.5) is 0 Å². The maximum absolute atomic E-state index is 12.2. The van der Waals surface area contributed by atoms with Crippen molar-refractivity contribution in [3.63, 3.8) is 0 Å². The van der Waals surface area contributed by atoms with Crippen molar-refractivity contribution in [3.05, 3.63) is 64.0 Å². The van der Waals surface area contributed by atoms with Gasteiger partial charge in [0.15, 0.2) is 0 Å². The summed E-state index contributed by atoms with van der Waals surface area (Å²) in [6, 6.07) is 7.69. The average Bonchev–Trinajstić information content (AvgIpc) is 2.92. The minimum atomic E-state index is -0.0900. The van der Waals surface area contributed by atoms with Gasteiger partial charge in [0.2, 0.25) is 0 Å². The Morgan fingerprint density at radius 1 is 1.26 bits per heavy atom. The molecule has 0 aromatic carbocycles. The van der Waals surface area contributed by atoms with Gasteiger partial charge in [-0.1, -0.05) is 0 Å². The van der Waals surface area contributed by atoms with Crippen molar-refractivity contribution >= 4 is 17.2 Å². The first-order valence-corrected chi connectivity index (χ1v) is 8.02. The first-order chi connectivity index (χ1) is 11.1. The topological polar surface area (TPSA) is 67.8 Å². The Morgan fingerprint density at radius 2 is 2.13 bits per heavy atom. The second-order valence-electron chi connectivity index (χ2n) is 5.12. The molecule has 3 rings (SSSR count). The van der Waals surface area contributed by atoms with Crippen LogP contribution >= 0.6 is 11.3 Å². The summed E-state index contributed by atoms with van der Waals surface area (Å²) in [6.07, 6.45) is 5.24. The Bertz CT molecular complexity index is 830. The average molecular weight is 324 g/mol. The minimum Gasteiger partial charge on any atom is -0.347 e. The maximum Gasteiger partial charge on any atom is 0.263 e. The first kappa shape index (κ1) is 15.3. The quantitative estimate of drug-likeness (QED) is 0.800. The van der Waals surface area contributed by atoms with Crippen LogP contribution in [0.3, 0.4) is 0 Å². The van der Waals surface area contributed by atoms with Crippen LogP contribution in [0.1, 0.15) is 25.9 Å². The van der Waals surface area contributed by atoms with E-state index in [1.54, 1.807) is 18.6 Å². The molecule has 0 unspecified atom stereocenters. The molecule has 0 aliphatic heterocycles. The van der Waals surface area contributed by atoms with E-state index in [0.29, 0.717) is 11.4 Å². The fourth-order valence-electron chi connectivity index (χ4n) is 2.26. The highest BCUT2D eigenvalue weighted by Gasteiger charge is 2.13. The monoisotopic (exact) mass is 324 g/mol. The normalized spacial score (nSPS) is 10.5. The third-order valence-electron chi connectivity index (χ3n) is 3.34. The highest BCUT2D eigenvalue weighted by molar-refractivity contribution is 7.13. The zero-order valence-corrected chi connectivity index (χ0v) is 13.7. The molecule has 3 heterocycles. The van der Waals surface area contributed by atoms with E-state index in [2.05, 4.69) is 20.3 Å². The predicted molar refractivity (Wildman–Crippen MR) is 90.2 cm³/mol. The zero-order valence-electron chi connectivity index (χ0n) is 12.9. The summed E-state index contributed by atoms with van der Waals surface area (Å²) in [5.74, 6) is -0.0900. The van der Waals surface area contributed by atoms with E-state index < -0.39 is 0 Å². The highest BCUT2D eigenvalue weighted by Crippen LogP contribution is 2.18. The minimum absolute atomic E-state index is 0.0900. The fraction of sp³-hybridized carbons (Fsp3) is 0.176. The molecule has 0 saturated carbocycles. The molecule has 3 aromatic heterocycles. The molecule has 0 spiro atoms. The van der Waals surface area contributed by atoms with Crippen molar-refractivity contribution < 1.29 is 4.79 Å². The van der Waals surface area contributed by atoms with Crippen LogP contribution in [0, 0.1) is 13.8 Å². The lowest BCUT2D eigenvalue weighted by Crippen LogP contribution is -2.22. The van der Waals surface area contributed by atoms with E-state index in [1.165, 1.54) is 11.3 Å². The van der Waals surface area contributed by atoms with Gasteiger partial charge in [-0.2, -0.15) is 0 Å². The van der Waals surface area contributed by atoms with Crippen LogP contribution in [0.25, 0.3) is 11.3 Å². The molecule has 6 heteroatoms. The van der Waals surface area contributed by atoms with Gasteiger partial charge in [-0.3, -0.25) is 14.8 Å². The van der Waals surface area contributed by atoms with E-state index >= 15 is 0 Å². The Labute approximate surface area is 138 Å². The van der Waals surface area contributed by atoms with Crippen molar-refractivity contribution in [2.75, 3.05) is 0 Å². The van der Waals surface area contributed by atoms with Crippen molar-refractivity contribution in [2.45, 2.75) is 20.4 Å². The van der Waals surface area contributed by atoms with E-state index in [4.69, 9.17) is 0 Å². The summed E-state index contributed by atoms with van der Waals surface area (Å²) in [6.45, 7) is 4.20. The molecule has 3 aromatic rings. The molecule has 0 saturated heterocycles. The highest BCUT2D eigenvalue weighted by atomic mass is 32.1. The number of nitrogens with one attached hydrogen (secondary N) is 1. The van der Waals surface area contributed by atoms with Gasteiger partial charge in [0.05, 0.1) is 16.4 Å². The SMILES string of the molecule is Cc1nc(C)c(C(=O)NCc2ccnc(-c3cccnc3)c2)s1. The van der Waals surface area contributed by atoms with Crippen molar-refractivity contribution in [1.82, 2.24) is 20.3 Å². The van der Waals surface area contributed by atoms with Crippen LogP contribution in [-0.2, 0) is 6.54 Å². The molecule has 0 radical (unpaired) electrons. The van der Waals surface area contributed by atoms with Gasteiger partial charge in [-0.15, -0.1) is 11.3 Å². The molecular formula is C17H16N4OS. The molecule has 0 aliphatic carbocycles. The number of pyridine rings is 2. The first-order valence-electron chi connectivity index (χ1n) is 7.21.